The summed E-state index contributed by atoms with van der Waals surface area (Å²) in [7, 11) is 0. The molecule has 1 aromatic carbocycles. The van der Waals surface area contributed by atoms with Gasteiger partial charge in [-0.2, -0.15) is 0 Å². The zero-order chi connectivity index (χ0) is 12.3. The first-order chi connectivity index (χ1) is 7.40. The summed E-state index contributed by atoms with van der Waals surface area (Å²) in [6, 6.07) is 4.21. The minimum Gasteiger partial charge on any atom is -0.481 e. The molecule has 0 radical (unpaired) electrons. The molecule has 0 aliphatic carbocycles. The summed E-state index contributed by atoms with van der Waals surface area (Å²) in [6.45, 7) is 6.14. The number of hydrogen-bond acceptors (Lipinski definition) is 1. The van der Waals surface area contributed by atoms with Crippen molar-refractivity contribution in [1.29, 1.82) is 0 Å². The van der Waals surface area contributed by atoms with Crippen molar-refractivity contribution < 1.29 is 9.90 Å². The number of carboxylic acid groups (broad SMARTS) is 1. The quantitative estimate of drug-likeness (QED) is 0.821. The van der Waals surface area contributed by atoms with Crippen LogP contribution < -0.4 is 0 Å². The van der Waals surface area contributed by atoms with E-state index in [2.05, 4.69) is 19.1 Å². The number of carboxylic acids is 1. The molecule has 0 heterocycles. The molecule has 3 heteroatoms. The van der Waals surface area contributed by atoms with Gasteiger partial charge >= 0.3 is 5.97 Å². The van der Waals surface area contributed by atoms with Crippen LogP contribution >= 0.6 is 11.6 Å². The third-order valence-electron chi connectivity index (χ3n) is 2.66. The molecule has 0 aromatic heterocycles. The molecule has 1 unspecified atom stereocenters. The van der Waals surface area contributed by atoms with Crippen molar-refractivity contribution in [1.82, 2.24) is 0 Å². The Kier molecular flexibility index (Phi) is 4.36. The van der Waals surface area contributed by atoms with Crippen LogP contribution in [0.2, 0.25) is 0 Å². The summed E-state index contributed by atoms with van der Waals surface area (Å²) in [5, 5.41) is 8.32. The summed E-state index contributed by atoms with van der Waals surface area (Å²) < 4.78 is 0. The lowest BCUT2D eigenvalue weighted by Gasteiger charge is -2.13. The van der Waals surface area contributed by atoms with Crippen LogP contribution in [-0.4, -0.2) is 16.5 Å². The molecular formula is C13H17ClO2. The van der Waals surface area contributed by atoms with Gasteiger partial charge in [0, 0.05) is 5.38 Å². The number of aliphatic carboxylic acids is 1. The van der Waals surface area contributed by atoms with Gasteiger partial charge in [0.25, 0.3) is 0 Å². The summed E-state index contributed by atoms with van der Waals surface area (Å²) >= 11 is 6.01. The third-order valence-corrected chi connectivity index (χ3v) is 2.97. The molecular weight excluding hydrogens is 224 g/mol. The molecule has 1 rings (SSSR count). The number of aryl methyl sites for hydroxylation is 3. The Labute approximate surface area is 101 Å². The largest absolute Gasteiger partial charge is 0.481 e. The molecule has 0 bridgehead atoms. The van der Waals surface area contributed by atoms with Gasteiger partial charge < -0.3 is 5.11 Å². The zero-order valence-electron chi connectivity index (χ0n) is 9.88. The van der Waals surface area contributed by atoms with Gasteiger partial charge in [0.15, 0.2) is 0 Å². The molecule has 0 amide bonds. The standard InChI is InChI=1S/C13H17ClO2/c1-8-4-9(2)12(10(3)5-8)6-11(14)7-13(15)16/h4-5,11H,6-7H2,1-3H3,(H,15,16). The lowest BCUT2D eigenvalue weighted by atomic mass is 9.95. The van der Waals surface area contributed by atoms with Gasteiger partial charge in [0.2, 0.25) is 0 Å². The molecule has 1 N–H and O–H groups in total. The van der Waals surface area contributed by atoms with E-state index >= 15 is 0 Å². The number of benzene rings is 1. The molecule has 0 aliphatic heterocycles. The van der Waals surface area contributed by atoms with Gasteiger partial charge in [-0.15, -0.1) is 11.6 Å². The fourth-order valence-electron chi connectivity index (χ4n) is 2.02. The molecule has 0 spiro atoms. The second-order valence-corrected chi connectivity index (χ2v) is 4.89. The maximum Gasteiger partial charge on any atom is 0.304 e. The predicted molar refractivity (Wildman–Crippen MR) is 66.3 cm³/mol. The van der Waals surface area contributed by atoms with Gasteiger partial charge in [0.05, 0.1) is 6.42 Å². The maximum absolute atomic E-state index is 10.5. The van der Waals surface area contributed by atoms with Crippen molar-refractivity contribution in [3.8, 4) is 0 Å². The van der Waals surface area contributed by atoms with Crippen molar-refractivity contribution in [2.24, 2.45) is 0 Å². The van der Waals surface area contributed by atoms with E-state index in [1.807, 2.05) is 13.8 Å². The Morgan fingerprint density at radius 2 is 1.81 bits per heavy atom. The first-order valence-corrected chi connectivity index (χ1v) is 5.76. The monoisotopic (exact) mass is 240 g/mol. The molecule has 0 saturated carbocycles. The van der Waals surface area contributed by atoms with Crippen molar-refractivity contribution in [3.63, 3.8) is 0 Å². The van der Waals surface area contributed by atoms with Gasteiger partial charge in [-0.3, -0.25) is 4.79 Å². The summed E-state index contributed by atoms with van der Waals surface area (Å²) in [4.78, 5) is 10.5. The molecule has 2 nitrogen and oxygen atoms in total. The highest BCUT2D eigenvalue weighted by Crippen LogP contribution is 2.20. The normalized spacial score (nSPS) is 12.5. The predicted octanol–water partition coefficient (Wildman–Crippen LogP) is 3.24. The van der Waals surface area contributed by atoms with Crippen LogP contribution in [-0.2, 0) is 11.2 Å². The second kappa shape index (κ2) is 5.35. The Morgan fingerprint density at radius 1 is 1.31 bits per heavy atom. The highest BCUT2D eigenvalue weighted by atomic mass is 35.5. The van der Waals surface area contributed by atoms with Gasteiger partial charge in [-0.1, -0.05) is 17.7 Å². The molecule has 1 aromatic rings. The average Bonchev–Trinajstić information content (AvgIpc) is 2.09. The molecule has 0 saturated heterocycles. The minimum absolute atomic E-state index is 0.00825. The first kappa shape index (κ1) is 13.0. The molecule has 0 fully saturated rings. The summed E-state index contributed by atoms with van der Waals surface area (Å²) in [5.41, 5.74) is 4.78. The lowest BCUT2D eigenvalue weighted by molar-refractivity contribution is -0.137. The van der Waals surface area contributed by atoms with E-state index in [9.17, 15) is 4.79 Å². The Morgan fingerprint density at radius 3 is 2.25 bits per heavy atom. The van der Waals surface area contributed by atoms with Crippen LogP contribution in [0.3, 0.4) is 0 Å². The molecule has 16 heavy (non-hydrogen) atoms. The van der Waals surface area contributed by atoms with Gasteiger partial charge in [-0.05, 0) is 43.9 Å². The van der Waals surface area contributed by atoms with Crippen LogP contribution in [0.15, 0.2) is 12.1 Å². The van der Waals surface area contributed by atoms with E-state index in [-0.39, 0.29) is 11.8 Å². The second-order valence-electron chi connectivity index (χ2n) is 4.28. The maximum atomic E-state index is 10.5. The first-order valence-electron chi connectivity index (χ1n) is 5.32. The van der Waals surface area contributed by atoms with E-state index in [1.165, 1.54) is 22.3 Å². The number of halogens is 1. The smallest absolute Gasteiger partial charge is 0.304 e. The van der Waals surface area contributed by atoms with Crippen molar-refractivity contribution >= 4 is 17.6 Å². The van der Waals surface area contributed by atoms with E-state index in [0.29, 0.717) is 6.42 Å². The average molecular weight is 241 g/mol. The van der Waals surface area contributed by atoms with E-state index in [4.69, 9.17) is 16.7 Å². The topological polar surface area (TPSA) is 37.3 Å². The number of hydrogen-bond donors (Lipinski definition) is 1. The van der Waals surface area contributed by atoms with Crippen molar-refractivity contribution in [2.75, 3.05) is 0 Å². The Hall–Kier alpha value is -1.02. The lowest BCUT2D eigenvalue weighted by Crippen LogP contribution is -2.11. The number of alkyl halides is 1. The number of rotatable bonds is 4. The summed E-state index contributed by atoms with van der Waals surface area (Å²) in [5.74, 6) is -0.845. The number of carbonyl (C=O) groups is 1. The molecule has 1 atom stereocenters. The zero-order valence-corrected chi connectivity index (χ0v) is 10.6. The fraction of sp³-hybridized carbons (Fsp3) is 0.462. The van der Waals surface area contributed by atoms with Crippen LogP contribution in [0.1, 0.15) is 28.7 Å². The fourth-order valence-corrected chi connectivity index (χ4v) is 2.30. The van der Waals surface area contributed by atoms with Crippen molar-refractivity contribution in [2.45, 2.75) is 39.0 Å². The minimum atomic E-state index is -0.845. The van der Waals surface area contributed by atoms with Crippen LogP contribution in [0, 0.1) is 20.8 Å². The van der Waals surface area contributed by atoms with Crippen LogP contribution in [0.4, 0.5) is 0 Å². The highest BCUT2D eigenvalue weighted by molar-refractivity contribution is 6.21. The SMILES string of the molecule is Cc1cc(C)c(CC(Cl)CC(=O)O)c(C)c1. The van der Waals surface area contributed by atoms with Gasteiger partial charge in [0.1, 0.15) is 0 Å². The van der Waals surface area contributed by atoms with Crippen LogP contribution in [0.25, 0.3) is 0 Å². The Bertz CT molecular complexity index is 376. The third kappa shape index (κ3) is 3.53. The van der Waals surface area contributed by atoms with E-state index in [0.717, 1.165) is 0 Å². The Balaban J connectivity index is 2.85. The van der Waals surface area contributed by atoms with Crippen LogP contribution in [0.5, 0.6) is 0 Å². The van der Waals surface area contributed by atoms with E-state index < -0.39 is 5.97 Å². The molecule has 0 aliphatic rings. The van der Waals surface area contributed by atoms with E-state index in [1.54, 1.807) is 0 Å². The van der Waals surface area contributed by atoms with Crippen molar-refractivity contribution in [3.05, 3.63) is 34.4 Å². The highest BCUT2D eigenvalue weighted by Gasteiger charge is 2.13. The molecule has 88 valence electrons. The van der Waals surface area contributed by atoms with Gasteiger partial charge in [-0.25, -0.2) is 0 Å². The summed E-state index contributed by atoms with van der Waals surface area (Å²) in [6.07, 6.45) is 0.625.